The van der Waals surface area contributed by atoms with Gasteiger partial charge >= 0.3 is 0 Å². The molecule has 10 heteroatoms. The fourth-order valence-corrected chi connectivity index (χ4v) is 10.3. The monoisotopic (exact) mass is 584 g/mol. The molecule has 1 aliphatic heterocycles. The first-order valence-electron chi connectivity index (χ1n) is 16.5. The van der Waals surface area contributed by atoms with Gasteiger partial charge in [-0.25, -0.2) is 0 Å². The maximum absolute atomic E-state index is 13.1. The fourth-order valence-electron chi connectivity index (χ4n) is 10.3. The molecule has 5 rings (SSSR count). The molecule has 0 aromatic heterocycles. The Balaban J connectivity index is 1.19. The van der Waals surface area contributed by atoms with Gasteiger partial charge in [0.25, 0.3) is 0 Å². The number of rotatable bonds is 12. The Morgan fingerprint density at radius 3 is 2.50 bits per heavy atom. The van der Waals surface area contributed by atoms with Crippen molar-refractivity contribution >= 4 is 11.7 Å². The van der Waals surface area contributed by atoms with Gasteiger partial charge in [0.1, 0.15) is 0 Å². The van der Waals surface area contributed by atoms with Gasteiger partial charge in [0.15, 0.2) is 11.4 Å². The van der Waals surface area contributed by atoms with E-state index in [4.69, 9.17) is 5.53 Å². The molecule has 11 unspecified atom stereocenters. The summed E-state index contributed by atoms with van der Waals surface area (Å²) in [5.41, 5.74) is 8.18. The first-order valence-corrected chi connectivity index (χ1v) is 16.5. The van der Waals surface area contributed by atoms with Crippen molar-refractivity contribution in [3.8, 4) is 0 Å². The molecular formula is C32H52N6O4. The van der Waals surface area contributed by atoms with Crippen LogP contribution in [0, 0.1) is 46.3 Å². The van der Waals surface area contributed by atoms with Gasteiger partial charge in [-0.05, 0) is 129 Å². The summed E-state index contributed by atoms with van der Waals surface area (Å²) in [6.45, 7) is 9.01. The van der Waals surface area contributed by atoms with Crippen molar-refractivity contribution in [2.45, 2.75) is 135 Å². The van der Waals surface area contributed by atoms with Crippen LogP contribution in [-0.4, -0.2) is 52.4 Å². The van der Waals surface area contributed by atoms with Gasteiger partial charge < -0.3 is 15.5 Å². The van der Waals surface area contributed by atoms with E-state index in [1.54, 1.807) is 0 Å². The van der Waals surface area contributed by atoms with Crippen LogP contribution in [0.3, 0.4) is 0 Å². The highest BCUT2D eigenvalue weighted by atomic mass is 16.3. The lowest BCUT2D eigenvalue weighted by Gasteiger charge is -2.62. The zero-order chi connectivity index (χ0) is 30.3. The van der Waals surface area contributed by atoms with Crippen molar-refractivity contribution in [1.29, 1.82) is 0 Å². The van der Waals surface area contributed by atoms with Crippen molar-refractivity contribution in [3.63, 3.8) is 0 Å². The van der Waals surface area contributed by atoms with Crippen LogP contribution >= 0.6 is 0 Å². The van der Waals surface area contributed by atoms with Gasteiger partial charge in [-0.3, -0.25) is 9.59 Å². The summed E-state index contributed by atoms with van der Waals surface area (Å²) >= 11 is 0. The summed E-state index contributed by atoms with van der Waals surface area (Å²) in [5.74, 6) is 2.64. The van der Waals surface area contributed by atoms with E-state index >= 15 is 0 Å². The molecule has 42 heavy (non-hydrogen) atoms. The summed E-state index contributed by atoms with van der Waals surface area (Å²) in [6, 6.07) is -0.632. The highest BCUT2D eigenvalue weighted by Crippen LogP contribution is 2.68. The second kappa shape index (κ2) is 12.2. The van der Waals surface area contributed by atoms with Crippen LogP contribution in [0.5, 0.6) is 0 Å². The predicted molar refractivity (Wildman–Crippen MR) is 159 cm³/mol. The number of hydrogen-bond acceptors (Lipinski definition) is 7. The summed E-state index contributed by atoms with van der Waals surface area (Å²) in [6.07, 6.45) is 10.1. The molecule has 1 amide bonds. The molecule has 10 nitrogen and oxygen atoms in total. The number of Topliss-reactive ketones (excluding diaryl/α,β-unsaturated/α-hetero) is 1. The first-order chi connectivity index (χ1) is 19.9. The fraction of sp³-hybridized carbons (Fsp3) is 0.938. The minimum atomic E-state index is -0.632. The normalized spacial score (nSPS) is 41.0. The predicted octanol–water partition coefficient (Wildman–Crippen LogP) is 6.11. The second-order valence-corrected chi connectivity index (χ2v) is 15.1. The number of azide groups is 1. The molecule has 5 aliphatic rings. The molecule has 4 saturated carbocycles. The number of nitrogens with one attached hydrogen (secondary N) is 1. The third-order valence-corrected chi connectivity index (χ3v) is 12.9. The molecule has 0 saturated heterocycles. The molecule has 4 aliphatic carbocycles. The Bertz CT molecular complexity index is 1100. The topological polar surface area (TPSA) is 160 Å². The van der Waals surface area contributed by atoms with E-state index in [1.807, 2.05) is 6.92 Å². The van der Waals surface area contributed by atoms with Crippen LogP contribution in [0.4, 0.5) is 0 Å². The molecule has 0 aromatic carbocycles. The van der Waals surface area contributed by atoms with Crippen molar-refractivity contribution in [2.75, 3.05) is 6.54 Å². The molecule has 0 bridgehead atoms. The number of amides is 1. The molecule has 3 N–H and O–H groups in total. The largest absolute Gasteiger partial charge is 0.393 e. The van der Waals surface area contributed by atoms with Crippen LogP contribution in [0.25, 0.3) is 10.4 Å². The molecule has 0 radical (unpaired) electrons. The number of aliphatic hydroxyl groups is 2. The molecule has 234 valence electrons. The van der Waals surface area contributed by atoms with Crippen LogP contribution in [-0.2, 0) is 9.59 Å². The highest BCUT2D eigenvalue weighted by Gasteiger charge is 2.63. The molecular weight excluding hydrogens is 532 g/mol. The standard InChI is InChI=1S/C32H52N6O4/c1-19(5-10-29(42)35-26(12-15-31(3)36-37-31)27(40)13-16-34-38-33)23-8-9-24-22-7-6-20-17-21(39)11-14-30(20,2)25(22)18-28(41)32(23,24)4/h19-26,28,39,41H,5-18H2,1-4H3,(H,35,42). The zero-order valence-corrected chi connectivity index (χ0v) is 26.0. The third-order valence-electron chi connectivity index (χ3n) is 12.9. The maximum Gasteiger partial charge on any atom is 0.220 e. The molecule has 11 atom stereocenters. The highest BCUT2D eigenvalue weighted by molar-refractivity contribution is 5.89. The zero-order valence-electron chi connectivity index (χ0n) is 26.0. The minimum absolute atomic E-state index is 0.0815. The Kier molecular flexibility index (Phi) is 9.09. The van der Waals surface area contributed by atoms with Gasteiger partial charge in [0.05, 0.1) is 18.2 Å². The second-order valence-electron chi connectivity index (χ2n) is 15.1. The van der Waals surface area contributed by atoms with Gasteiger partial charge in [-0.15, -0.1) is 0 Å². The average molecular weight is 585 g/mol. The maximum atomic E-state index is 13.1. The lowest BCUT2D eigenvalue weighted by molar-refractivity contribution is -0.175. The van der Waals surface area contributed by atoms with Crippen molar-refractivity contribution < 1.29 is 19.8 Å². The van der Waals surface area contributed by atoms with E-state index in [1.165, 1.54) is 12.8 Å². The number of hydrogen-bond donors (Lipinski definition) is 3. The summed E-state index contributed by atoms with van der Waals surface area (Å²) in [4.78, 5) is 28.6. The van der Waals surface area contributed by atoms with Gasteiger partial charge in [0.2, 0.25) is 5.91 Å². The van der Waals surface area contributed by atoms with Gasteiger partial charge in [-0.2, -0.15) is 10.2 Å². The van der Waals surface area contributed by atoms with Crippen LogP contribution in [0.2, 0.25) is 0 Å². The van der Waals surface area contributed by atoms with Gasteiger partial charge in [-0.1, -0.05) is 25.9 Å². The van der Waals surface area contributed by atoms with E-state index in [0.29, 0.717) is 48.9 Å². The first kappa shape index (κ1) is 31.4. The number of aliphatic hydroxyl groups excluding tert-OH is 2. The number of nitrogens with zero attached hydrogens (tertiary/aromatic N) is 5. The third kappa shape index (κ3) is 6.00. The molecule has 1 heterocycles. The van der Waals surface area contributed by atoms with Crippen molar-refractivity contribution in [2.24, 2.45) is 61.7 Å². The van der Waals surface area contributed by atoms with Crippen molar-refractivity contribution in [3.05, 3.63) is 10.4 Å². The van der Waals surface area contributed by atoms with E-state index in [-0.39, 0.29) is 53.6 Å². The smallest absolute Gasteiger partial charge is 0.220 e. The van der Waals surface area contributed by atoms with E-state index in [2.05, 4.69) is 46.3 Å². The number of ketones is 1. The molecule has 4 fully saturated rings. The number of fused-ring (bicyclic) bond motifs is 5. The lowest BCUT2D eigenvalue weighted by Crippen LogP contribution is -2.58. The molecule has 0 spiro atoms. The Labute approximate surface area is 250 Å². The Hall–Kier alpha value is -2.03. The van der Waals surface area contributed by atoms with Crippen LogP contribution < -0.4 is 5.32 Å². The number of carbonyl (C=O) groups is 2. The minimum Gasteiger partial charge on any atom is -0.393 e. The van der Waals surface area contributed by atoms with E-state index < -0.39 is 11.7 Å². The quantitative estimate of drug-likeness (QED) is 0.143. The summed E-state index contributed by atoms with van der Waals surface area (Å²) < 4.78 is 0. The average Bonchev–Trinajstić information content (AvgIpc) is 3.58. The van der Waals surface area contributed by atoms with Crippen LogP contribution in [0.15, 0.2) is 15.3 Å². The summed E-state index contributed by atoms with van der Waals surface area (Å²) in [5, 5.41) is 36.7. The van der Waals surface area contributed by atoms with Gasteiger partial charge in [0, 0.05) is 24.3 Å². The molecule has 0 aromatic rings. The number of carbonyl (C=O) groups excluding carboxylic acids is 2. The SMILES string of the molecule is CC(CCC(=O)NC(CCC1(C)N=N1)C(=O)CCN=[N+]=[N-])C1CCC2C3CCC4CC(O)CCC4(C)C3CC(O)C12C. The van der Waals surface area contributed by atoms with E-state index in [0.717, 1.165) is 44.9 Å². The lowest BCUT2D eigenvalue weighted by atomic mass is 9.43. The van der Waals surface area contributed by atoms with Crippen LogP contribution in [0.1, 0.15) is 111 Å². The Morgan fingerprint density at radius 1 is 1.02 bits per heavy atom. The van der Waals surface area contributed by atoms with E-state index in [9.17, 15) is 19.8 Å². The summed E-state index contributed by atoms with van der Waals surface area (Å²) in [7, 11) is 0. The van der Waals surface area contributed by atoms with Crippen molar-refractivity contribution in [1.82, 2.24) is 5.32 Å². The Morgan fingerprint density at radius 2 is 1.79 bits per heavy atom.